The monoisotopic (exact) mass is 555 g/mol. The van der Waals surface area contributed by atoms with Crippen molar-refractivity contribution in [2.75, 3.05) is 13.1 Å². The highest BCUT2D eigenvalue weighted by Crippen LogP contribution is 2.25. The first-order chi connectivity index (χ1) is 18.3. The highest BCUT2D eigenvalue weighted by Gasteiger charge is 2.39. The number of hydrogen-bond acceptors (Lipinski definition) is 7. The predicted octanol–water partition coefficient (Wildman–Crippen LogP) is 4.11. The molecule has 2 atom stereocenters. The van der Waals surface area contributed by atoms with Gasteiger partial charge in [0.05, 0.1) is 16.3 Å². The van der Waals surface area contributed by atoms with Gasteiger partial charge in [-0.25, -0.2) is 17.9 Å². The van der Waals surface area contributed by atoms with E-state index in [1.807, 2.05) is 37.3 Å². The van der Waals surface area contributed by atoms with Crippen molar-refractivity contribution in [3.63, 3.8) is 0 Å². The molecule has 3 aromatic rings. The van der Waals surface area contributed by atoms with Crippen molar-refractivity contribution in [1.82, 2.24) is 14.6 Å². The number of rotatable bonds is 7. The van der Waals surface area contributed by atoms with Crippen molar-refractivity contribution in [3.8, 4) is 5.75 Å². The molecule has 10 nitrogen and oxygen atoms in total. The number of carbonyl (C=O) groups excluding carboxylic acids is 1. The van der Waals surface area contributed by atoms with E-state index in [-0.39, 0.29) is 31.0 Å². The number of aryl methyl sites for hydroxylation is 1. The van der Waals surface area contributed by atoms with E-state index >= 15 is 0 Å². The normalized spacial score (nSPS) is 18.1. The van der Waals surface area contributed by atoms with Crippen LogP contribution in [0, 0.1) is 12.8 Å². The van der Waals surface area contributed by atoms with Gasteiger partial charge in [0.25, 0.3) is 0 Å². The summed E-state index contributed by atoms with van der Waals surface area (Å²) in [5.41, 5.74) is 1.99. The van der Waals surface area contributed by atoms with E-state index in [2.05, 4.69) is 9.71 Å². The summed E-state index contributed by atoms with van der Waals surface area (Å²) in [6, 6.07) is 14.8. The van der Waals surface area contributed by atoms with E-state index in [1.54, 1.807) is 32.9 Å². The van der Waals surface area contributed by atoms with E-state index in [0.29, 0.717) is 5.75 Å². The molecule has 1 aliphatic rings. The van der Waals surface area contributed by atoms with Gasteiger partial charge in [-0.05, 0) is 70.5 Å². The lowest BCUT2D eigenvalue weighted by atomic mass is 9.93. The number of carbonyl (C=O) groups is 2. The molecule has 1 aliphatic heterocycles. The van der Waals surface area contributed by atoms with Crippen LogP contribution in [0.5, 0.6) is 5.75 Å². The zero-order valence-electron chi connectivity index (χ0n) is 22.4. The Labute approximate surface area is 228 Å². The number of sulfonamides is 1. The summed E-state index contributed by atoms with van der Waals surface area (Å²) in [7, 11) is -4.02. The lowest BCUT2D eigenvalue weighted by Crippen LogP contribution is -2.55. The van der Waals surface area contributed by atoms with Gasteiger partial charge < -0.3 is 19.5 Å². The number of para-hydroxylation sites is 1. The Balaban J connectivity index is 1.41. The first-order valence-corrected chi connectivity index (χ1v) is 14.1. The average molecular weight is 556 g/mol. The minimum atomic E-state index is -4.02. The quantitative estimate of drug-likeness (QED) is 0.445. The van der Waals surface area contributed by atoms with E-state index in [9.17, 15) is 23.1 Å². The molecule has 39 heavy (non-hydrogen) atoms. The number of benzene rings is 2. The third-order valence-electron chi connectivity index (χ3n) is 6.35. The van der Waals surface area contributed by atoms with Crippen LogP contribution in [0.4, 0.5) is 4.79 Å². The Bertz CT molecular complexity index is 1470. The fourth-order valence-corrected chi connectivity index (χ4v) is 5.80. The molecule has 0 radical (unpaired) electrons. The molecule has 4 rings (SSSR count). The lowest BCUT2D eigenvalue weighted by molar-refractivity contribution is -0.144. The number of nitrogens with one attached hydrogen (secondary N) is 1. The number of carboxylic acids is 1. The standard InChI is InChI=1S/C28H33N3O7S/c1-18-15-19(22-7-5-6-8-24(22)29-18)17-37-20-9-11-21(12-10-20)39(35,36)30-25-13-14-31(16-23(25)26(32)33)27(34)38-28(2,3)4/h5-12,15,23,25,30H,13-14,16-17H2,1-4H3,(H,32,33). The molecule has 0 bridgehead atoms. The second-order valence-electron chi connectivity index (χ2n) is 10.6. The molecule has 0 aliphatic carbocycles. The van der Waals surface area contributed by atoms with Crippen molar-refractivity contribution in [2.24, 2.45) is 5.92 Å². The number of piperidine rings is 1. The highest BCUT2D eigenvalue weighted by molar-refractivity contribution is 7.89. The molecule has 0 saturated carbocycles. The topological polar surface area (TPSA) is 135 Å². The lowest BCUT2D eigenvalue weighted by Gasteiger charge is -2.37. The van der Waals surface area contributed by atoms with E-state index in [0.717, 1.165) is 22.2 Å². The highest BCUT2D eigenvalue weighted by atomic mass is 32.2. The minimum Gasteiger partial charge on any atom is -0.489 e. The maximum absolute atomic E-state index is 13.1. The third-order valence-corrected chi connectivity index (χ3v) is 7.85. The van der Waals surface area contributed by atoms with Crippen LogP contribution in [0.25, 0.3) is 10.9 Å². The van der Waals surface area contributed by atoms with Crippen LogP contribution in [0.15, 0.2) is 59.5 Å². The second-order valence-corrected chi connectivity index (χ2v) is 12.3. The molecule has 0 spiro atoms. The predicted molar refractivity (Wildman–Crippen MR) is 145 cm³/mol. The number of fused-ring (bicyclic) bond motifs is 1. The van der Waals surface area contributed by atoms with Crippen LogP contribution < -0.4 is 9.46 Å². The maximum Gasteiger partial charge on any atom is 0.410 e. The third kappa shape index (κ3) is 7.04. The van der Waals surface area contributed by atoms with Gasteiger partial charge in [0.15, 0.2) is 0 Å². The zero-order valence-corrected chi connectivity index (χ0v) is 23.2. The largest absolute Gasteiger partial charge is 0.489 e. The van der Waals surface area contributed by atoms with Gasteiger partial charge in [-0.2, -0.15) is 0 Å². The van der Waals surface area contributed by atoms with E-state index in [1.165, 1.54) is 17.0 Å². The smallest absolute Gasteiger partial charge is 0.410 e. The molecule has 2 N–H and O–H groups in total. The van der Waals surface area contributed by atoms with Gasteiger partial charge in [-0.1, -0.05) is 18.2 Å². The molecule has 2 unspecified atom stereocenters. The summed E-state index contributed by atoms with van der Waals surface area (Å²) in [5.74, 6) is -1.83. The number of nitrogens with zero attached hydrogens (tertiary/aromatic N) is 2. The summed E-state index contributed by atoms with van der Waals surface area (Å²) in [6.45, 7) is 7.37. The maximum atomic E-state index is 13.1. The number of aliphatic carboxylic acids is 1. The van der Waals surface area contributed by atoms with Crippen LogP contribution in [0.3, 0.4) is 0 Å². The molecule has 1 amide bonds. The Morgan fingerprint density at radius 1 is 1.13 bits per heavy atom. The number of ether oxygens (including phenoxy) is 2. The van der Waals surface area contributed by atoms with Crippen LogP contribution >= 0.6 is 0 Å². The summed E-state index contributed by atoms with van der Waals surface area (Å²) in [5, 5.41) is 10.7. The summed E-state index contributed by atoms with van der Waals surface area (Å²) in [4.78, 5) is 30.2. The van der Waals surface area contributed by atoms with Crippen molar-refractivity contribution < 1.29 is 32.6 Å². The first kappa shape index (κ1) is 28.3. The Hall–Kier alpha value is -3.70. The zero-order chi connectivity index (χ0) is 28.4. The Morgan fingerprint density at radius 3 is 2.49 bits per heavy atom. The molecule has 2 aromatic carbocycles. The summed E-state index contributed by atoms with van der Waals surface area (Å²) in [6.07, 6.45) is -0.490. The minimum absolute atomic E-state index is 0.0150. The number of hydrogen-bond donors (Lipinski definition) is 2. The SMILES string of the molecule is Cc1cc(COc2ccc(S(=O)(=O)NC3CCN(C(=O)OC(C)(C)C)CC3C(=O)O)cc2)c2ccccc2n1. The molecule has 1 aromatic heterocycles. The fourth-order valence-electron chi connectivity index (χ4n) is 4.49. The summed E-state index contributed by atoms with van der Waals surface area (Å²) >= 11 is 0. The van der Waals surface area contributed by atoms with Gasteiger partial charge in [-0.15, -0.1) is 0 Å². The molecular weight excluding hydrogens is 522 g/mol. The average Bonchev–Trinajstić information content (AvgIpc) is 2.86. The molecule has 11 heteroatoms. The van der Waals surface area contributed by atoms with Crippen molar-refractivity contribution in [2.45, 2.75) is 57.3 Å². The number of pyridine rings is 1. The van der Waals surface area contributed by atoms with Crippen LogP contribution in [0.2, 0.25) is 0 Å². The molecule has 2 heterocycles. The Kier molecular flexibility index (Phi) is 8.12. The van der Waals surface area contributed by atoms with Crippen molar-refractivity contribution in [3.05, 3.63) is 65.9 Å². The Morgan fingerprint density at radius 2 is 1.82 bits per heavy atom. The molecule has 1 saturated heterocycles. The van der Waals surface area contributed by atoms with Crippen LogP contribution in [-0.2, 0) is 26.2 Å². The van der Waals surface area contributed by atoms with Gasteiger partial charge in [-0.3, -0.25) is 9.78 Å². The van der Waals surface area contributed by atoms with Crippen LogP contribution in [-0.4, -0.2) is 60.2 Å². The van der Waals surface area contributed by atoms with Crippen molar-refractivity contribution >= 4 is 33.0 Å². The van der Waals surface area contributed by atoms with Gasteiger partial charge >= 0.3 is 12.1 Å². The number of aromatic nitrogens is 1. The second kappa shape index (κ2) is 11.2. The van der Waals surface area contributed by atoms with Crippen LogP contribution in [0.1, 0.15) is 38.4 Å². The van der Waals surface area contributed by atoms with E-state index in [4.69, 9.17) is 9.47 Å². The van der Waals surface area contributed by atoms with Crippen molar-refractivity contribution in [1.29, 1.82) is 0 Å². The van der Waals surface area contributed by atoms with Gasteiger partial charge in [0, 0.05) is 35.8 Å². The fraction of sp³-hybridized carbons (Fsp3) is 0.393. The summed E-state index contributed by atoms with van der Waals surface area (Å²) < 4.78 is 40.0. The van der Waals surface area contributed by atoms with Gasteiger partial charge in [0.2, 0.25) is 10.0 Å². The number of carboxylic acid groups (broad SMARTS) is 1. The number of amides is 1. The molecule has 208 valence electrons. The molecular formula is C28H33N3O7S. The van der Waals surface area contributed by atoms with Gasteiger partial charge in [0.1, 0.15) is 18.0 Å². The van der Waals surface area contributed by atoms with E-state index < -0.39 is 39.6 Å². The molecule has 1 fully saturated rings. The first-order valence-electron chi connectivity index (χ1n) is 12.6. The number of likely N-dealkylation sites (tertiary alicyclic amines) is 1.